The Balaban J connectivity index is 2.06. The van der Waals surface area contributed by atoms with E-state index < -0.39 is 0 Å². The van der Waals surface area contributed by atoms with Crippen LogP contribution in [-0.4, -0.2) is 20.7 Å². The van der Waals surface area contributed by atoms with Gasteiger partial charge in [-0.25, -0.2) is 9.78 Å². The highest BCUT2D eigenvalue weighted by Gasteiger charge is 2.01. The van der Waals surface area contributed by atoms with Gasteiger partial charge in [0.2, 0.25) is 0 Å². The number of rotatable bonds is 5. The first-order chi connectivity index (χ1) is 8.70. The Bertz CT molecular complexity index is 553. The second-order valence-corrected chi connectivity index (χ2v) is 4.30. The van der Waals surface area contributed by atoms with Crippen molar-refractivity contribution in [2.24, 2.45) is 7.05 Å². The number of hydrogen-bond acceptors (Lipinski definition) is 3. The van der Waals surface area contributed by atoms with E-state index in [0.29, 0.717) is 6.54 Å². The molecule has 0 aliphatic rings. The van der Waals surface area contributed by atoms with Crippen LogP contribution in [0.15, 0.2) is 35.5 Å². The van der Waals surface area contributed by atoms with Gasteiger partial charge < -0.3 is 9.88 Å². The van der Waals surface area contributed by atoms with Crippen LogP contribution in [0, 0.1) is 0 Å². The zero-order valence-corrected chi connectivity index (χ0v) is 10.8. The summed E-state index contributed by atoms with van der Waals surface area (Å²) in [5.41, 5.74) is 1.01. The first kappa shape index (κ1) is 12.4. The molecule has 0 bridgehead atoms. The lowest BCUT2D eigenvalue weighted by Gasteiger charge is -2.05. The van der Waals surface area contributed by atoms with E-state index in [2.05, 4.69) is 17.2 Å². The van der Waals surface area contributed by atoms with Crippen molar-refractivity contribution in [3.8, 4) is 0 Å². The summed E-state index contributed by atoms with van der Waals surface area (Å²) in [6.07, 6.45) is 6.42. The van der Waals surface area contributed by atoms with Crippen LogP contribution in [0.1, 0.15) is 18.9 Å². The lowest BCUT2D eigenvalue weighted by atomic mass is 10.3. The Morgan fingerprint density at radius 3 is 2.72 bits per heavy atom. The first-order valence-corrected chi connectivity index (χ1v) is 6.11. The SMILES string of the molecule is CCCNc1ccc(Cn2ccn(C)c2=O)cn1. The van der Waals surface area contributed by atoms with Crippen molar-refractivity contribution in [3.05, 3.63) is 46.8 Å². The Labute approximate surface area is 106 Å². The molecule has 5 nitrogen and oxygen atoms in total. The van der Waals surface area contributed by atoms with E-state index in [-0.39, 0.29) is 5.69 Å². The Morgan fingerprint density at radius 1 is 1.33 bits per heavy atom. The summed E-state index contributed by atoms with van der Waals surface area (Å²) in [6.45, 7) is 3.59. The minimum absolute atomic E-state index is 0.0109. The van der Waals surface area contributed by atoms with E-state index in [9.17, 15) is 4.79 Å². The van der Waals surface area contributed by atoms with Crippen LogP contribution in [-0.2, 0) is 13.6 Å². The molecule has 2 aromatic heterocycles. The molecular weight excluding hydrogens is 228 g/mol. The van der Waals surface area contributed by atoms with Gasteiger partial charge in [-0.05, 0) is 18.1 Å². The molecule has 2 heterocycles. The van der Waals surface area contributed by atoms with Crippen molar-refractivity contribution < 1.29 is 0 Å². The number of anilines is 1. The number of imidazole rings is 1. The van der Waals surface area contributed by atoms with E-state index in [4.69, 9.17) is 0 Å². The standard InChI is InChI=1S/C13H18N4O/c1-3-6-14-12-5-4-11(9-15-12)10-17-8-7-16(2)13(17)18/h4-5,7-9H,3,6,10H2,1-2H3,(H,14,15). The fraction of sp³-hybridized carbons (Fsp3) is 0.385. The van der Waals surface area contributed by atoms with E-state index in [1.165, 1.54) is 0 Å². The van der Waals surface area contributed by atoms with Gasteiger partial charge in [-0.2, -0.15) is 0 Å². The third-order valence-electron chi connectivity index (χ3n) is 2.75. The number of aryl methyl sites for hydroxylation is 1. The largest absolute Gasteiger partial charge is 0.370 e. The maximum atomic E-state index is 11.7. The van der Waals surface area contributed by atoms with Crippen LogP contribution in [0.3, 0.4) is 0 Å². The van der Waals surface area contributed by atoms with Crippen molar-refractivity contribution >= 4 is 5.82 Å². The van der Waals surface area contributed by atoms with E-state index in [1.54, 1.807) is 34.8 Å². The fourth-order valence-corrected chi connectivity index (χ4v) is 1.70. The summed E-state index contributed by atoms with van der Waals surface area (Å²) in [5.74, 6) is 0.876. The molecule has 0 saturated heterocycles. The van der Waals surface area contributed by atoms with Crippen LogP contribution >= 0.6 is 0 Å². The van der Waals surface area contributed by atoms with Gasteiger partial charge in [-0.1, -0.05) is 13.0 Å². The van der Waals surface area contributed by atoms with Crippen LogP contribution < -0.4 is 11.0 Å². The molecule has 0 radical (unpaired) electrons. The number of hydrogen-bond donors (Lipinski definition) is 1. The summed E-state index contributed by atoms with van der Waals surface area (Å²) >= 11 is 0. The molecule has 0 aromatic carbocycles. The smallest absolute Gasteiger partial charge is 0.328 e. The molecule has 2 rings (SSSR count). The average Bonchev–Trinajstić information content (AvgIpc) is 2.70. The molecule has 0 atom stereocenters. The lowest BCUT2D eigenvalue weighted by Crippen LogP contribution is -2.22. The Kier molecular flexibility index (Phi) is 3.82. The molecule has 96 valence electrons. The maximum Gasteiger partial charge on any atom is 0.328 e. The zero-order chi connectivity index (χ0) is 13.0. The molecule has 0 saturated carbocycles. The summed E-state index contributed by atoms with van der Waals surface area (Å²) in [6, 6.07) is 3.93. The molecule has 0 aliphatic carbocycles. The topological polar surface area (TPSA) is 51.9 Å². The van der Waals surface area contributed by atoms with Crippen LogP contribution in [0.5, 0.6) is 0 Å². The van der Waals surface area contributed by atoms with Gasteiger partial charge in [0.25, 0.3) is 0 Å². The van der Waals surface area contributed by atoms with Gasteiger partial charge in [0.05, 0.1) is 6.54 Å². The van der Waals surface area contributed by atoms with Gasteiger partial charge >= 0.3 is 5.69 Å². The Hall–Kier alpha value is -2.04. The molecule has 0 fully saturated rings. The van der Waals surface area contributed by atoms with Crippen molar-refractivity contribution in [3.63, 3.8) is 0 Å². The summed E-state index contributed by atoms with van der Waals surface area (Å²) in [7, 11) is 1.74. The second kappa shape index (κ2) is 5.53. The van der Waals surface area contributed by atoms with Gasteiger partial charge in [-0.15, -0.1) is 0 Å². The molecule has 1 N–H and O–H groups in total. The quantitative estimate of drug-likeness (QED) is 0.868. The molecule has 0 unspecified atom stereocenters. The lowest BCUT2D eigenvalue weighted by molar-refractivity contribution is 0.716. The molecular formula is C13H18N4O. The monoisotopic (exact) mass is 246 g/mol. The highest BCUT2D eigenvalue weighted by Crippen LogP contribution is 2.06. The molecule has 0 spiro atoms. The van der Waals surface area contributed by atoms with Crippen molar-refractivity contribution in [2.45, 2.75) is 19.9 Å². The predicted molar refractivity (Wildman–Crippen MR) is 71.8 cm³/mol. The van der Waals surface area contributed by atoms with Gasteiger partial charge in [-0.3, -0.25) is 4.57 Å². The minimum atomic E-state index is -0.0109. The Morgan fingerprint density at radius 2 is 2.17 bits per heavy atom. The van der Waals surface area contributed by atoms with Gasteiger partial charge in [0, 0.05) is 32.2 Å². The molecule has 18 heavy (non-hydrogen) atoms. The maximum absolute atomic E-state index is 11.7. The van der Waals surface area contributed by atoms with Crippen LogP contribution in [0.2, 0.25) is 0 Å². The highest BCUT2D eigenvalue weighted by molar-refractivity contribution is 5.35. The van der Waals surface area contributed by atoms with Gasteiger partial charge in [0.1, 0.15) is 5.82 Å². The molecule has 2 aromatic rings. The minimum Gasteiger partial charge on any atom is -0.370 e. The number of nitrogens with zero attached hydrogens (tertiary/aromatic N) is 3. The average molecular weight is 246 g/mol. The highest BCUT2D eigenvalue weighted by atomic mass is 16.1. The normalized spacial score (nSPS) is 10.6. The van der Waals surface area contributed by atoms with Gasteiger partial charge in [0.15, 0.2) is 0 Å². The third-order valence-corrected chi connectivity index (χ3v) is 2.75. The van der Waals surface area contributed by atoms with Crippen molar-refractivity contribution in [1.29, 1.82) is 0 Å². The first-order valence-electron chi connectivity index (χ1n) is 6.11. The van der Waals surface area contributed by atoms with E-state index >= 15 is 0 Å². The third kappa shape index (κ3) is 2.80. The zero-order valence-electron chi connectivity index (χ0n) is 10.8. The summed E-state index contributed by atoms with van der Waals surface area (Å²) < 4.78 is 3.22. The van der Waals surface area contributed by atoms with Crippen LogP contribution in [0.25, 0.3) is 0 Å². The predicted octanol–water partition coefficient (Wildman–Crippen LogP) is 1.45. The molecule has 0 amide bonds. The number of pyridine rings is 1. The van der Waals surface area contributed by atoms with E-state index in [0.717, 1.165) is 24.3 Å². The second-order valence-electron chi connectivity index (χ2n) is 4.30. The van der Waals surface area contributed by atoms with E-state index in [1.807, 2.05) is 12.1 Å². The van der Waals surface area contributed by atoms with Crippen LogP contribution in [0.4, 0.5) is 5.82 Å². The fourth-order valence-electron chi connectivity index (χ4n) is 1.70. The van der Waals surface area contributed by atoms with Crippen molar-refractivity contribution in [2.75, 3.05) is 11.9 Å². The summed E-state index contributed by atoms with van der Waals surface area (Å²) in [5, 5.41) is 3.22. The summed E-state index contributed by atoms with van der Waals surface area (Å²) in [4.78, 5) is 16.0. The molecule has 0 aliphatic heterocycles. The number of nitrogens with one attached hydrogen (secondary N) is 1. The molecule has 5 heteroatoms. The van der Waals surface area contributed by atoms with Crippen molar-refractivity contribution in [1.82, 2.24) is 14.1 Å². The number of aromatic nitrogens is 3.